The van der Waals surface area contributed by atoms with Crippen LogP contribution in [0.25, 0.3) is 0 Å². The van der Waals surface area contributed by atoms with E-state index in [0.717, 1.165) is 10.7 Å². The Hall–Kier alpha value is -1.89. The Kier molecular flexibility index (Phi) is 3.10. The Balaban J connectivity index is 2.04. The van der Waals surface area contributed by atoms with Gasteiger partial charge in [-0.1, -0.05) is 0 Å². The van der Waals surface area contributed by atoms with Crippen LogP contribution in [0.3, 0.4) is 0 Å². The minimum atomic E-state index is -0.241. The second-order valence-electron chi connectivity index (χ2n) is 3.73. The van der Waals surface area contributed by atoms with Crippen molar-refractivity contribution >= 4 is 23.1 Å². The molecule has 0 saturated carbocycles. The van der Waals surface area contributed by atoms with Crippen LogP contribution in [0.1, 0.15) is 34.2 Å². The largest absolute Gasteiger partial charge is 0.382 e. The molecule has 0 fully saturated rings. The van der Waals surface area contributed by atoms with E-state index in [2.05, 4.69) is 20.5 Å². The zero-order chi connectivity index (χ0) is 12.4. The SMILES string of the molecule is Cc1csc([C@@H](C)NC(=O)c2cc(N)n[nH]2)n1. The second kappa shape index (κ2) is 4.54. The third kappa shape index (κ3) is 2.62. The van der Waals surface area contributed by atoms with E-state index in [1.165, 1.54) is 17.4 Å². The first kappa shape index (κ1) is 11.6. The summed E-state index contributed by atoms with van der Waals surface area (Å²) in [5.41, 5.74) is 6.73. The van der Waals surface area contributed by atoms with Crippen molar-refractivity contribution in [2.75, 3.05) is 5.73 Å². The smallest absolute Gasteiger partial charge is 0.269 e. The molecule has 7 heteroatoms. The fraction of sp³-hybridized carbons (Fsp3) is 0.300. The lowest BCUT2D eigenvalue weighted by molar-refractivity contribution is 0.0934. The van der Waals surface area contributed by atoms with Crippen LogP contribution in [0, 0.1) is 6.92 Å². The maximum absolute atomic E-state index is 11.8. The van der Waals surface area contributed by atoms with E-state index in [1.54, 1.807) is 0 Å². The molecule has 4 N–H and O–H groups in total. The van der Waals surface area contributed by atoms with Gasteiger partial charge in [0.05, 0.1) is 6.04 Å². The first-order chi connectivity index (χ1) is 8.06. The van der Waals surface area contributed by atoms with Crippen molar-refractivity contribution in [1.82, 2.24) is 20.5 Å². The molecule has 0 radical (unpaired) electrons. The summed E-state index contributed by atoms with van der Waals surface area (Å²) in [5.74, 6) is 0.0578. The normalized spacial score (nSPS) is 12.4. The summed E-state index contributed by atoms with van der Waals surface area (Å²) in [5, 5.41) is 11.9. The van der Waals surface area contributed by atoms with Gasteiger partial charge in [0.15, 0.2) is 0 Å². The maximum Gasteiger partial charge on any atom is 0.269 e. The van der Waals surface area contributed by atoms with E-state index in [1.807, 2.05) is 19.2 Å². The number of nitrogen functional groups attached to an aromatic ring is 1. The Morgan fingerprint density at radius 3 is 2.94 bits per heavy atom. The van der Waals surface area contributed by atoms with Crippen molar-refractivity contribution in [3.63, 3.8) is 0 Å². The summed E-state index contributed by atoms with van der Waals surface area (Å²) in [6.07, 6.45) is 0. The third-order valence-corrected chi connectivity index (χ3v) is 3.34. The number of thiazole rings is 1. The fourth-order valence-corrected chi connectivity index (χ4v) is 2.16. The van der Waals surface area contributed by atoms with Crippen LogP contribution in [0.15, 0.2) is 11.4 Å². The summed E-state index contributed by atoms with van der Waals surface area (Å²) in [6, 6.07) is 1.36. The van der Waals surface area contributed by atoms with E-state index in [9.17, 15) is 4.79 Å². The molecule has 0 bridgehead atoms. The highest BCUT2D eigenvalue weighted by Crippen LogP contribution is 2.17. The Morgan fingerprint density at radius 2 is 2.41 bits per heavy atom. The van der Waals surface area contributed by atoms with Gasteiger partial charge in [-0.05, 0) is 13.8 Å². The molecule has 0 aliphatic carbocycles. The van der Waals surface area contributed by atoms with Crippen LogP contribution in [-0.2, 0) is 0 Å². The Bertz CT molecular complexity index is 532. The minimum absolute atomic E-state index is 0.134. The number of aromatic amines is 1. The number of hydrogen-bond donors (Lipinski definition) is 3. The van der Waals surface area contributed by atoms with Gasteiger partial charge < -0.3 is 11.1 Å². The van der Waals surface area contributed by atoms with Gasteiger partial charge in [-0.2, -0.15) is 5.10 Å². The molecule has 0 unspecified atom stereocenters. The summed E-state index contributed by atoms with van der Waals surface area (Å²) in [7, 11) is 0. The van der Waals surface area contributed by atoms with Crippen LogP contribution in [0.5, 0.6) is 0 Å². The van der Waals surface area contributed by atoms with Crippen molar-refractivity contribution in [3.8, 4) is 0 Å². The highest BCUT2D eigenvalue weighted by molar-refractivity contribution is 7.09. The molecular weight excluding hydrogens is 238 g/mol. The van der Waals surface area contributed by atoms with E-state index in [0.29, 0.717) is 11.5 Å². The molecule has 1 amide bonds. The molecule has 0 aliphatic rings. The van der Waals surface area contributed by atoms with Crippen molar-refractivity contribution in [2.45, 2.75) is 19.9 Å². The quantitative estimate of drug-likeness (QED) is 0.764. The molecule has 0 spiro atoms. The van der Waals surface area contributed by atoms with Crippen molar-refractivity contribution in [2.24, 2.45) is 0 Å². The predicted molar refractivity (Wildman–Crippen MR) is 65.7 cm³/mol. The number of aromatic nitrogens is 3. The number of carbonyl (C=O) groups excluding carboxylic acids is 1. The third-order valence-electron chi connectivity index (χ3n) is 2.20. The fourth-order valence-electron chi connectivity index (χ4n) is 1.36. The number of H-pyrrole nitrogens is 1. The predicted octanol–water partition coefficient (Wildman–Crippen LogP) is 1.25. The molecule has 17 heavy (non-hydrogen) atoms. The highest BCUT2D eigenvalue weighted by Gasteiger charge is 2.15. The van der Waals surface area contributed by atoms with Gasteiger partial charge in [-0.15, -0.1) is 11.3 Å². The van der Waals surface area contributed by atoms with Gasteiger partial charge in [0, 0.05) is 17.1 Å². The number of aryl methyl sites for hydroxylation is 1. The number of amides is 1. The van der Waals surface area contributed by atoms with Crippen molar-refractivity contribution < 1.29 is 4.79 Å². The summed E-state index contributed by atoms with van der Waals surface area (Å²) in [4.78, 5) is 16.1. The van der Waals surface area contributed by atoms with Gasteiger partial charge >= 0.3 is 0 Å². The van der Waals surface area contributed by atoms with Gasteiger partial charge in [0.1, 0.15) is 16.5 Å². The first-order valence-corrected chi connectivity index (χ1v) is 5.98. The molecule has 2 aromatic rings. The average Bonchev–Trinajstić information content (AvgIpc) is 2.87. The van der Waals surface area contributed by atoms with Crippen LogP contribution in [0.2, 0.25) is 0 Å². The van der Waals surface area contributed by atoms with Gasteiger partial charge in [-0.25, -0.2) is 4.98 Å². The van der Waals surface area contributed by atoms with E-state index in [4.69, 9.17) is 5.73 Å². The molecule has 0 saturated heterocycles. The van der Waals surface area contributed by atoms with Gasteiger partial charge in [0.25, 0.3) is 5.91 Å². The zero-order valence-electron chi connectivity index (χ0n) is 9.52. The second-order valence-corrected chi connectivity index (χ2v) is 4.62. The van der Waals surface area contributed by atoms with E-state index < -0.39 is 0 Å². The Morgan fingerprint density at radius 1 is 1.65 bits per heavy atom. The molecule has 2 heterocycles. The van der Waals surface area contributed by atoms with Crippen LogP contribution in [-0.4, -0.2) is 21.1 Å². The number of rotatable bonds is 3. The number of anilines is 1. The molecule has 1 atom stereocenters. The van der Waals surface area contributed by atoms with Crippen LogP contribution >= 0.6 is 11.3 Å². The molecule has 0 aromatic carbocycles. The molecule has 90 valence electrons. The molecule has 6 nitrogen and oxygen atoms in total. The molecule has 2 aromatic heterocycles. The summed E-state index contributed by atoms with van der Waals surface area (Å²) < 4.78 is 0. The first-order valence-electron chi connectivity index (χ1n) is 5.10. The lowest BCUT2D eigenvalue weighted by Gasteiger charge is -2.09. The monoisotopic (exact) mass is 251 g/mol. The molecule has 0 aliphatic heterocycles. The lowest BCUT2D eigenvalue weighted by Crippen LogP contribution is -2.26. The number of nitrogens with one attached hydrogen (secondary N) is 2. The Labute approximate surface area is 102 Å². The van der Waals surface area contributed by atoms with E-state index >= 15 is 0 Å². The van der Waals surface area contributed by atoms with E-state index in [-0.39, 0.29) is 11.9 Å². The molecular formula is C10H13N5OS. The topological polar surface area (TPSA) is 96.7 Å². The van der Waals surface area contributed by atoms with Crippen molar-refractivity contribution in [1.29, 1.82) is 0 Å². The maximum atomic E-state index is 11.8. The number of nitrogens with zero attached hydrogens (tertiary/aromatic N) is 2. The average molecular weight is 251 g/mol. The van der Waals surface area contributed by atoms with Gasteiger partial charge in [0.2, 0.25) is 0 Å². The summed E-state index contributed by atoms with van der Waals surface area (Å²) >= 11 is 1.52. The van der Waals surface area contributed by atoms with Gasteiger partial charge in [-0.3, -0.25) is 9.89 Å². The zero-order valence-corrected chi connectivity index (χ0v) is 10.3. The number of carbonyl (C=O) groups is 1. The van der Waals surface area contributed by atoms with Crippen molar-refractivity contribution in [3.05, 3.63) is 27.8 Å². The number of nitrogens with two attached hydrogens (primary N) is 1. The molecule has 2 rings (SSSR count). The minimum Gasteiger partial charge on any atom is -0.382 e. The standard InChI is InChI=1S/C10H13N5OS/c1-5-4-17-10(12-5)6(2)13-9(16)7-3-8(11)15-14-7/h3-4,6H,1-2H3,(H,13,16)(H3,11,14,15)/t6-/m1/s1. The summed E-state index contributed by atoms with van der Waals surface area (Å²) in [6.45, 7) is 3.81. The van der Waals surface area contributed by atoms with Crippen LogP contribution in [0.4, 0.5) is 5.82 Å². The van der Waals surface area contributed by atoms with Crippen LogP contribution < -0.4 is 11.1 Å². The highest BCUT2D eigenvalue weighted by atomic mass is 32.1. The number of hydrogen-bond acceptors (Lipinski definition) is 5. The lowest BCUT2D eigenvalue weighted by atomic mass is 10.3.